The molecule has 0 bridgehead atoms. The normalized spacial score (nSPS) is 21.0. The second-order valence-electron chi connectivity index (χ2n) is 5.59. The highest BCUT2D eigenvalue weighted by Gasteiger charge is 2.31. The molecule has 126 valence electrons. The lowest BCUT2D eigenvalue weighted by atomic mass is 10.0. The van der Waals surface area contributed by atoms with E-state index in [1.54, 1.807) is 11.4 Å². The molecule has 0 N–H and O–H groups in total. The number of benzene rings is 1. The predicted octanol–water partition coefficient (Wildman–Crippen LogP) is 1.36. The largest absolute Gasteiger partial charge is 0.497 e. The Kier molecular flexibility index (Phi) is 5.01. The van der Waals surface area contributed by atoms with E-state index in [9.17, 15) is 8.42 Å². The first-order valence-corrected chi connectivity index (χ1v) is 9.17. The Balaban J connectivity index is 1.69. The molecule has 0 saturated carbocycles. The molecule has 2 heterocycles. The standard InChI is InChI=1S/C16H22N2O4S/c1-21-16-4-2-14(3-5-16)15-6-8-17(9-7-15)23(19,20)18-10-12-22-13-11-18/h2-6H,7-13H2,1H3. The fourth-order valence-electron chi connectivity index (χ4n) is 2.87. The zero-order valence-electron chi connectivity index (χ0n) is 13.3. The Morgan fingerprint density at radius 2 is 1.74 bits per heavy atom. The van der Waals surface area contributed by atoms with E-state index < -0.39 is 10.2 Å². The van der Waals surface area contributed by atoms with Crippen LogP contribution >= 0.6 is 0 Å². The van der Waals surface area contributed by atoms with Gasteiger partial charge in [0.15, 0.2) is 0 Å². The molecular weight excluding hydrogens is 316 g/mol. The number of hydrogen-bond acceptors (Lipinski definition) is 4. The van der Waals surface area contributed by atoms with Gasteiger partial charge in [0.1, 0.15) is 5.75 Å². The Hall–Kier alpha value is -1.41. The predicted molar refractivity (Wildman–Crippen MR) is 88.5 cm³/mol. The number of ether oxygens (including phenoxy) is 2. The molecule has 0 unspecified atom stereocenters. The number of methoxy groups -OCH3 is 1. The fourth-order valence-corrected chi connectivity index (χ4v) is 4.39. The molecule has 0 amide bonds. The van der Waals surface area contributed by atoms with Gasteiger partial charge in [-0.2, -0.15) is 17.0 Å². The number of nitrogens with zero attached hydrogens (tertiary/aromatic N) is 2. The van der Waals surface area contributed by atoms with Crippen LogP contribution in [0.5, 0.6) is 5.75 Å². The van der Waals surface area contributed by atoms with E-state index in [2.05, 4.69) is 0 Å². The van der Waals surface area contributed by atoms with Crippen molar-refractivity contribution in [3.8, 4) is 5.75 Å². The molecule has 1 aromatic rings. The summed E-state index contributed by atoms with van der Waals surface area (Å²) in [6.07, 6.45) is 2.72. The first-order valence-electron chi connectivity index (χ1n) is 7.77. The van der Waals surface area contributed by atoms with E-state index in [1.165, 1.54) is 9.88 Å². The summed E-state index contributed by atoms with van der Waals surface area (Å²) < 4.78 is 38.7. The van der Waals surface area contributed by atoms with Crippen molar-refractivity contribution in [2.45, 2.75) is 6.42 Å². The molecule has 0 radical (unpaired) electrons. The molecule has 2 aliphatic rings. The molecular formula is C16H22N2O4S. The molecule has 1 aromatic carbocycles. The highest BCUT2D eigenvalue weighted by molar-refractivity contribution is 7.86. The maximum absolute atomic E-state index is 12.6. The lowest BCUT2D eigenvalue weighted by molar-refractivity contribution is 0.0703. The van der Waals surface area contributed by atoms with Gasteiger partial charge in [0.05, 0.1) is 20.3 Å². The number of morpholine rings is 1. The van der Waals surface area contributed by atoms with Gasteiger partial charge in [-0.25, -0.2) is 0 Å². The van der Waals surface area contributed by atoms with Crippen molar-refractivity contribution in [3.05, 3.63) is 35.9 Å². The van der Waals surface area contributed by atoms with Crippen LogP contribution in [0.1, 0.15) is 12.0 Å². The van der Waals surface area contributed by atoms with Gasteiger partial charge < -0.3 is 9.47 Å². The molecule has 0 aliphatic carbocycles. The summed E-state index contributed by atoms with van der Waals surface area (Å²) in [6, 6.07) is 7.87. The first-order chi connectivity index (χ1) is 11.1. The van der Waals surface area contributed by atoms with Gasteiger partial charge in [0.25, 0.3) is 10.2 Å². The van der Waals surface area contributed by atoms with Gasteiger partial charge in [-0.05, 0) is 29.7 Å². The quantitative estimate of drug-likeness (QED) is 0.832. The Bertz CT molecular complexity index is 664. The van der Waals surface area contributed by atoms with Crippen LogP contribution < -0.4 is 4.74 Å². The highest BCUT2D eigenvalue weighted by atomic mass is 32.2. The van der Waals surface area contributed by atoms with Crippen molar-refractivity contribution in [3.63, 3.8) is 0 Å². The summed E-state index contributed by atoms with van der Waals surface area (Å²) in [4.78, 5) is 0. The Morgan fingerprint density at radius 1 is 1.04 bits per heavy atom. The minimum atomic E-state index is -3.38. The topological polar surface area (TPSA) is 59.1 Å². The van der Waals surface area contributed by atoms with Crippen molar-refractivity contribution in [1.82, 2.24) is 8.61 Å². The third-order valence-corrected chi connectivity index (χ3v) is 6.26. The molecule has 3 rings (SSSR count). The van der Waals surface area contributed by atoms with Crippen molar-refractivity contribution < 1.29 is 17.9 Å². The zero-order valence-corrected chi connectivity index (χ0v) is 14.1. The van der Waals surface area contributed by atoms with E-state index in [4.69, 9.17) is 9.47 Å². The first kappa shape index (κ1) is 16.4. The van der Waals surface area contributed by atoms with Gasteiger partial charge in [0.2, 0.25) is 0 Å². The Morgan fingerprint density at radius 3 is 2.30 bits per heavy atom. The van der Waals surface area contributed by atoms with Crippen LogP contribution in [0, 0.1) is 0 Å². The maximum atomic E-state index is 12.6. The Labute approximate surface area is 137 Å². The summed E-state index contributed by atoms with van der Waals surface area (Å²) in [6.45, 7) is 2.75. The van der Waals surface area contributed by atoms with E-state index in [0.29, 0.717) is 39.4 Å². The molecule has 0 atom stereocenters. The third-order valence-electron chi connectivity index (χ3n) is 4.26. The van der Waals surface area contributed by atoms with Gasteiger partial charge in [-0.1, -0.05) is 18.2 Å². The summed E-state index contributed by atoms with van der Waals surface area (Å²) >= 11 is 0. The van der Waals surface area contributed by atoms with Crippen molar-refractivity contribution >= 4 is 15.8 Å². The van der Waals surface area contributed by atoms with Gasteiger partial charge in [0, 0.05) is 26.2 Å². The van der Waals surface area contributed by atoms with E-state index in [1.807, 2.05) is 30.3 Å². The molecule has 1 fully saturated rings. The van der Waals surface area contributed by atoms with Crippen LogP contribution in [0.3, 0.4) is 0 Å². The average Bonchev–Trinajstić information content (AvgIpc) is 2.63. The second kappa shape index (κ2) is 7.00. The second-order valence-corrected chi connectivity index (χ2v) is 7.51. The molecule has 0 aromatic heterocycles. The monoisotopic (exact) mass is 338 g/mol. The molecule has 0 spiro atoms. The average molecular weight is 338 g/mol. The fraction of sp³-hybridized carbons (Fsp3) is 0.500. The smallest absolute Gasteiger partial charge is 0.282 e. The minimum Gasteiger partial charge on any atom is -0.497 e. The molecule has 23 heavy (non-hydrogen) atoms. The summed E-state index contributed by atoms with van der Waals surface area (Å²) in [7, 11) is -1.74. The van der Waals surface area contributed by atoms with E-state index >= 15 is 0 Å². The van der Waals surface area contributed by atoms with Crippen molar-refractivity contribution in [2.75, 3.05) is 46.5 Å². The van der Waals surface area contributed by atoms with Crippen LogP contribution in [-0.4, -0.2) is 63.5 Å². The molecule has 1 saturated heterocycles. The van der Waals surface area contributed by atoms with Gasteiger partial charge in [-0.15, -0.1) is 0 Å². The van der Waals surface area contributed by atoms with Crippen LogP contribution in [0.4, 0.5) is 0 Å². The molecule has 2 aliphatic heterocycles. The lowest BCUT2D eigenvalue weighted by Crippen LogP contribution is -2.49. The summed E-state index contributed by atoms with van der Waals surface area (Å²) in [5.41, 5.74) is 2.30. The van der Waals surface area contributed by atoms with Crippen LogP contribution in [0.15, 0.2) is 30.3 Å². The van der Waals surface area contributed by atoms with Crippen LogP contribution in [0.2, 0.25) is 0 Å². The maximum Gasteiger partial charge on any atom is 0.282 e. The van der Waals surface area contributed by atoms with E-state index in [0.717, 1.165) is 17.7 Å². The molecule has 7 heteroatoms. The van der Waals surface area contributed by atoms with Crippen LogP contribution in [-0.2, 0) is 14.9 Å². The minimum absolute atomic E-state index is 0.418. The van der Waals surface area contributed by atoms with Gasteiger partial charge in [-0.3, -0.25) is 0 Å². The summed E-state index contributed by atoms with van der Waals surface area (Å²) in [5.74, 6) is 0.821. The van der Waals surface area contributed by atoms with Crippen molar-refractivity contribution in [1.29, 1.82) is 0 Å². The lowest BCUT2D eigenvalue weighted by Gasteiger charge is -2.33. The number of hydrogen-bond donors (Lipinski definition) is 0. The number of rotatable bonds is 4. The molecule has 6 nitrogen and oxygen atoms in total. The zero-order chi connectivity index (χ0) is 16.3. The van der Waals surface area contributed by atoms with Crippen LogP contribution in [0.25, 0.3) is 5.57 Å². The van der Waals surface area contributed by atoms with Crippen molar-refractivity contribution in [2.24, 2.45) is 0 Å². The highest BCUT2D eigenvalue weighted by Crippen LogP contribution is 2.26. The van der Waals surface area contributed by atoms with Gasteiger partial charge >= 0.3 is 0 Å². The summed E-state index contributed by atoms with van der Waals surface area (Å²) in [5, 5.41) is 0. The third kappa shape index (κ3) is 3.58. The SMILES string of the molecule is COc1ccc(C2=CCN(S(=O)(=O)N3CCOCC3)CC2)cc1. The van der Waals surface area contributed by atoms with E-state index in [-0.39, 0.29) is 0 Å².